The topological polar surface area (TPSA) is 84.7 Å². The van der Waals surface area contributed by atoms with Crippen LogP contribution in [0.4, 0.5) is 0 Å². The second kappa shape index (κ2) is 4.04. The van der Waals surface area contributed by atoms with E-state index in [1.54, 1.807) is 19.3 Å². The maximum Gasteiger partial charge on any atom is 0.238 e. The quantitative estimate of drug-likeness (QED) is 0.805. The van der Waals surface area contributed by atoms with E-state index in [9.17, 15) is 4.79 Å². The number of nitrogens with one attached hydrogen (secondary N) is 1. The monoisotopic (exact) mass is 206 g/mol. The van der Waals surface area contributed by atoms with Crippen molar-refractivity contribution in [2.24, 2.45) is 0 Å². The number of H-pyrrole nitrogens is 1. The fraction of sp³-hybridized carbons (Fsp3) is 0.333. The highest BCUT2D eigenvalue weighted by Gasteiger charge is 2.12. The highest BCUT2D eigenvalue weighted by molar-refractivity contribution is 5.79. The molecule has 0 saturated carbocycles. The number of Topliss-reactive ketones (excluding diaryl/α,β-unsaturated/α-hetero) is 1. The Morgan fingerprint density at radius 3 is 3.13 bits per heavy atom. The number of rotatable bonds is 4. The van der Waals surface area contributed by atoms with E-state index >= 15 is 0 Å². The van der Waals surface area contributed by atoms with E-state index in [0.29, 0.717) is 24.0 Å². The number of ketones is 1. The molecule has 0 aromatic carbocycles. The van der Waals surface area contributed by atoms with Gasteiger partial charge in [0.1, 0.15) is 5.78 Å². The van der Waals surface area contributed by atoms with Gasteiger partial charge in [-0.05, 0) is 0 Å². The van der Waals surface area contributed by atoms with Crippen LogP contribution in [0.25, 0.3) is 11.6 Å². The summed E-state index contributed by atoms with van der Waals surface area (Å²) in [5.41, 5.74) is 0. The molecule has 0 bridgehead atoms. The first-order valence-electron chi connectivity index (χ1n) is 4.63. The summed E-state index contributed by atoms with van der Waals surface area (Å²) in [5.74, 6) is 1.31. The van der Waals surface area contributed by atoms with Gasteiger partial charge in [-0.25, -0.2) is 4.98 Å². The van der Waals surface area contributed by atoms with Crippen LogP contribution in [-0.2, 0) is 11.2 Å². The van der Waals surface area contributed by atoms with Crippen molar-refractivity contribution in [3.8, 4) is 11.6 Å². The average molecular weight is 206 g/mol. The molecule has 78 valence electrons. The van der Waals surface area contributed by atoms with Crippen molar-refractivity contribution in [1.82, 2.24) is 20.1 Å². The lowest BCUT2D eigenvalue weighted by Crippen LogP contribution is -2.00. The van der Waals surface area contributed by atoms with Gasteiger partial charge in [0.25, 0.3) is 0 Å². The van der Waals surface area contributed by atoms with Gasteiger partial charge in [0.2, 0.25) is 11.7 Å². The van der Waals surface area contributed by atoms with Gasteiger partial charge in [-0.3, -0.25) is 4.79 Å². The number of carbonyl (C=O) groups is 1. The van der Waals surface area contributed by atoms with Crippen molar-refractivity contribution in [1.29, 1.82) is 0 Å². The first kappa shape index (κ1) is 9.57. The summed E-state index contributed by atoms with van der Waals surface area (Å²) in [5, 5.41) is 3.71. The highest BCUT2D eigenvalue weighted by Crippen LogP contribution is 2.10. The molecule has 6 heteroatoms. The van der Waals surface area contributed by atoms with Crippen molar-refractivity contribution in [3.63, 3.8) is 0 Å². The van der Waals surface area contributed by atoms with Crippen LogP contribution in [0.5, 0.6) is 0 Å². The Morgan fingerprint density at radius 2 is 2.47 bits per heavy atom. The third-order valence-electron chi connectivity index (χ3n) is 1.92. The van der Waals surface area contributed by atoms with Gasteiger partial charge in [-0.1, -0.05) is 12.1 Å². The summed E-state index contributed by atoms with van der Waals surface area (Å²) in [6, 6.07) is 0. The summed E-state index contributed by atoms with van der Waals surface area (Å²) < 4.78 is 4.92. The van der Waals surface area contributed by atoms with E-state index in [1.807, 2.05) is 0 Å². The van der Waals surface area contributed by atoms with Gasteiger partial charge in [-0.2, -0.15) is 4.98 Å². The normalized spacial score (nSPS) is 10.5. The smallest absolute Gasteiger partial charge is 0.238 e. The van der Waals surface area contributed by atoms with Gasteiger partial charge < -0.3 is 9.51 Å². The van der Waals surface area contributed by atoms with Crippen LogP contribution >= 0.6 is 0 Å². The first-order valence-corrected chi connectivity index (χ1v) is 4.63. The number of hydrogen-bond donors (Lipinski definition) is 1. The number of hydrogen-bond acceptors (Lipinski definition) is 5. The lowest BCUT2D eigenvalue weighted by atomic mass is 10.2. The minimum Gasteiger partial charge on any atom is -0.342 e. The zero-order chi connectivity index (χ0) is 10.7. The molecule has 0 fully saturated rings. The lowest BCUT2D eigenvalue weighted by molar-refractivity contribution is -0.118. The van der Waals surface area contributed by atoms with Gasteiger partial charge in [-0.15, -0.1) is 0 Å². The Balaban J connectivity index is 2.14. The lowest BCUT2D eigenvalue weighted by Gasteiger charge is -1.88. The molecule has 2 aromatic rings. The van der Waals surface area contributed by atoms with Crippen LogP contribution in [0.3, 0.4) is 0 Å². The highest BCUT2D eigenvalue weighted by atomic mass is 16.5. The standard InChI is InChI=1S/C9H10N4O2/c1-2-6(14)5-7-12-9(13-15-7)8-10-3-4-11-8/h3-4H,2,5H2,1H3,(H,10,11). The SMILES string of the molecule is CCC(=O)Cc1nc(-c2ncc[nH]2)no1. The Morgan fingerprint density at radius 1 is 1.60 bits per heavy atom. The van der Waals surface area contributed by atoms with Crippen molar-refractivity contribution < 1.29 is 9.32 Å². The summed E-state index contributed by atoms with van der Waals surface area (Å²) in [6.45, 7) is 1.80. The molecular formula is C9H10N4O2. The molecule has 2 rings (SSSR count). The summed E-state index contributed by atoms with van der Waals surface area (Å²) in [6.07, 6.45) is 3.92. The molecule has 0 amide bonds. The molecule has 0 saturated heterocycles. The first-order chi connectivity index (χ1) is 7.29. The van der Waals surface area contributed by atoms with Crippen LogP contribution in [-0.4, -0.2) is 25.9 Å². The van der Waals surface area contributed by atoms with Gasteiger partial charge in [0, 0.05) is 18.8 Å². The Hall–Kier alpha value is -1.98. The van der Waals surface area contributed by atoms with E-state index in [0.717, 1.165) is 0 Å². The van der Waals surface area contributed by atoms with Crippen molar-refractivity contribution in [3.05, 3.63) is 18.3 Å². The molecule has 2 heterocycles. The van der Waals surface area contributed by atoms with E-state index in [2.05, 4.69) is 20.1 Å². The maximum atomic E-state index is 11.1. The number of aromatic nitrogens is 4. The zero-order valence-electron chi connectivity index (χ0n) is 8.23. The van der Waals surface area contributed by atoms with Crippen LogP contribution in [0, 0.1) is 0 Å². The molecule has 0 spiro atoms. The van der Waals surface area contributed by atoms with Crippen LogP contribution in [0.15, 0.2) is 16.9 Å². The molecule has 1 N–H and O–H groups in total. The number of aromatic amines is 1. The predicted octanol–water partition coefficient (Wildman–Crippen LogP) is 0.981. The maximum absolute atomic E-state index is 11.1. The van der Waals surface area contributed by atoms with E-state index in [-0.39, 0.29) is 12.2 Å². The number of imidazole rings is 1. The fourth-order valence-corrected chi connectivity index (χ4v) is 1.10. The van der Waals surface area contributed by atoms with Gasteiger partial charge >= 0.3 is 0 Å². The third kappa shape index (κ3) is 2.09. The minimum absolute atomic E-state index is 0.0737. The summed E-state index contributed by atoms with van der Waals surface area (Å²) in [7, 11) is 0. The molecule has 0 aliphatic carbocycles. The minimum atomic E-state index is 0.0737. The van der Waals surface area contributed by atoms with Crippen LogP contribution < -0.4 is 0 Å². The molecule has 2 aromatic heterocycles. The zero-order valence-corrected chi connectivity index (χ0v) is 8.23. The Kier molecular flexibility index (Phi) is 2.57. The molecule has 15 heavy (non-hydrogen) atoms. The second-order valence-corrected chi connectivity index (χ2v) is 3.02. The van der Waals surface area contributed by atoms with Gasteiger partial charge in [0.15, 0.2) is 5.82 Å². The predicted molar refractivity (Wildman–Crippen MR) is 50.9 cm³/mol. The largest absolute Gasteiger partial charge is 0.342 e. The molecule has 0 unspecified atom stereocenters. The molecule has 0 radical (unpaired) electrons. The van der Waals surface area contributed by atoms with E-state index in [1.165, 1.54) is 0 Å². The molecular weight excluding hydrogens is 196 g/mol. The summed E-state index contributed by atoms with van der Waals surface area (Å²) >= 11 is 0. The summed E-state index contributed by atoms with van der Waals surface area (Å²) in [4.78, 5) is 22.0. The number of carbonyl (C=O) groups excluding carboxylic acids is 1. The Labute approximate surface area is 85.7 Å². The van der Waals surface area contributed by atoms with Crippen LogP contribution in [0.2, 0.25) is 0 Å². The molecule has 0 aliphatic rings. The molecule has 6 nitrogen and oxygen atoms in total. The fourth-order valence-electron chi connectivity index (χ4n) is 1.10. The van der Waals surface area contributed by atoms with Crippen LogP contribution in [0.1, 0.15) is 19.2 Å². The third-order valence-corrected chi connectivity index (χ3v) is 1.92. The second-order valence-electron chi connectivity index (χ2n) is 3.02. The van der Waals surface area contributed by atoms with Gasteiger partial charge in [0.05, 0.1) is 6.42 Å². The molecule has 0 atom stereocenters. The number of nitrogens with zero attached hydrogens (tertiary/aromatic N) is 3. The average Bonchev–Trinajstić information content (AvgIpc) is 2.85. The van der Waals surface area contributed by atoms with Crippen molar-refractivity contribution in [2.75, 3.05) is 0 Å². The van der Waals surface area contributed by atoms with Crippen molar-refractivity contribution in [2.45, 2.75) is 19.8 Å². The van der Waals surface area contributed by atoms with E-state index < -0.39 is 0 Å². The molecule has 0 aliphatic heterocycles. The van der Waals surface area contributed by atoms with Crippen molar-refractivity contribution >= 4 is 5.78 Å². The Bertz CT molecular complexity index is 446. The van der Waals surface area contributed by atoms with E-state index in [4.69, 9.17) is 4.52 Å².